The maximum atomic E-state index is 14.5. The Balaban J connectivity index is 1.45. The Kier molecular flexibility index (Phi) is 8.00. The van der Waals surface area contributed by atoms with E-state index in [1.807, 2.05) is 37.3 Å². The second kappa shape index (κ2) is 11.5. The number of carbonyl (C=O) groups is 3. The highest BCUT2D eigenvalue weighted by Gasteiger charge is 2.61. The van der Waals surface area contributed by atoms with Gasteiger partial charge in [-0.25, -0.2) is 14.8 Å². The van der Waals surface area contributed by atoms with Crippen molar-refractivity contribution in [3.8, 4) is 11.5 Å². The van der Waals surface area contributed by atoms with Crippen molar-refractivity contribution in [2.75, 3.05) is 23.7 Å². The van der Waals surface area contributed by atoms with Gasteiger partial charge in [-0.3, -0.25) is 14.4 Å². The molecule has 0 radical (unpaired) electrons. The van der Waals surface area contributed by atoms with Crippen LogP contribution in [0, 0.1) is 17.3 Å². The minimum absolute atomic E-state index is 0.0618. The summed E-state index contributed by atoms with van der Waals surface area (Å²) in [5.41, 5.74) is 2.51. The number of esters is 1. The molecule has 1 N–H and O–H groups in total. The number of hydroxylamine groups is 1. The molecular formula is C33H35BrN2O7S. The summed E-state index contributed by atoms with van der Waals surface area (Å²) in [6.45, 7) is 8.76. The zero-order valence-corrected chi connectivity index (χ0v) is 27.7. The number of aromatic hydroxyl groups is 1. The van der Waals surface area contributed by atoms with E-state index in [4.69, 9.17) is 14.3 Å². The van der Waals surface area contributed by atoms with E-state index in [0.29, 0.717) is 45.2 Å². The van der Waals surface area contributed by atoms with Gasteiger partial charge in [-0.05, 0) is 88.8 Å². The molecule has 2 aliphatic heterocycles. The molecule has 0 unspecified atom stereocenters. The molecule has 44 heavy (non-hydrogen) atoms. The lowest BCUT2D eigenvalue weighted by Gasteiger charge is -2.33. The molecule has 9 nitrogen and oxygen atoms in total. The number of nitrogens with zero attached hydrogens (tertiary/aromatic N) is 2. The zero-order chi connectivity index (χ0) is 31.5. The Morgan fingerprint density at radius 1 is 1.16 bits per heavy atom. The molecule has 2 amide bonds. The minimum Gasteiger partial charge on any atom is -0.503 e. The van der Waals surface area contributed by atoms with Gasteiger partial charge in [0.25, 0.3) is 5.91 Å². The summed E-state index contributed by atoms with van der Waals surface area (Å²) < 4.78 is 11.3. The number of thiophene rings is 1. The summed E-state index contributed by atoms with van der Waals surface area (Å²) in [7, 11) is 1.31. The van der Waals surface area contributed by atoms with Crippen molar-refractivity contribution in [3.63, 3.8) is 0 Å². The number of amides is 2. The number of anilines is 2. The molecule has 11 heteroatoms. The highest BCUT2D eigenvalue weighted by Crippen LogP contribution is 2.52. The summed E-state index contributed by atoms with van der Waals surface area (Å²) in [5.74, 6) is -1.89. The fraction of sp³-hybridized carbons (Fsp3) is 0.424. The normalized spacial score (nSPS) is 23.1. The Labute approximate surface area is 268 Å². The molecule has 3 aliphatic rings. The molecular weight excluding hydrogens is 648 g/mol. The first kappa shape index (κ1) is 30.6. The molecule has 1 aliphatic carbocycles. The number of imide groups is 1. The monoisotopic (exact) mass is 682 g/mol. The quantitative estimate of drug-likeness (QED) is 0.229. The van der Waals surface area contributed by atoms with Gasteiger partial charge in [0.1, 0.15) is 10.9 Å². The number of benzene rings is 2. The number of hydrogen-bond donors (Lipinski definition) is 1. The van der Waals surface area contributed by atoms with E-state index in [-0.39, 0.29) is 16.9 Å². The van der Waals surface area contributed by atoms with Gasteiger partial charge in [-0.2, -0.15) is 0 Å². The fourth-order valence-corrected chi connectivity index (χ4v) is 8.45. The minimum atomic E-state index is -1.12. The van der Waals surface area contributed by atoms with Gasteiger partial charge in [0, 0.05) is 4.88 Å². The van der Waals surface area contributed by atoms with Crippen molar-refractivity contribution in [3.05, 3.63) is 68.5 Å². The van der Waals surface area contributed by atoms with Crippen LogP contribution in [0.2, 0.25) is 0 Å². The molecule has 0 saturated carbocycles. The first-order chi connectivity index (χ1) is 21.0. The first-order valence-corrected chi connectivity index (χ1v) is 16.3. The van der Waals surface area contributed by atoms with Crippen LogP contribution in [0.5, 0.6) is 11.5 Å². The van der Waals surface area contributed by atoms with Crippen LogP contribution in [0.15, 0.2) is 46.9 Å². The molecule has 1 aromatic heterocycles. The van der Waals surface area contributed by atoms with Crippen molar-refractivity contribution in [1.29, 1.82) is 0 Å². The standard InChI is InChI=1S/C33H35BrN2O7S/c1-6-42-22-15-17(14-21(34)27(22)37)26-25-28(43-36(26)19-10-8-7-9-11-19)30(39)35(29(25)38)31-24(32(40)41-5)20-13-12-18(33(2,3)4)16-23(20)44-31/h7-11,14-15,18,25-26,28,37H,6,12-13,16H2,1-5H3/t18-,25+,26-,28+/m0/s1. The summed E-state index contributed by atoms with van der Waals surface area (Å²) in [4.78, 5) is 50.3. The van der Waals surface area contributed by atoms with Gasteiger partial charge < -0.3 is 14.6 Å². The van der Waals surface area contributed by atoms with E-state index >= 15 is 0 Å². The van der Waals surface area contributed by atoms with Crippen molar-refractivity contribution >= 4 is 55.7 Å². The Morgan fingerprint density at radius 2 is 1.89 bits per heavy atom. The molecule has 3 aromatic rings. The first-order valence-electron chi connectivity index (χ1n) is 14.7. The maximum absolute atomic E-state index is 14.5. The number of para-hydroxylation sites is 1. The Morgan fingerprint density at radius 3 is 2.55 bits per heavy atom. The number of ether oxygens (including phenoxy) is 2. The topological polar surface area (TPSA) is 106 Å². The summed E-state index contributed by atoms with van der Waals surface area (Å²) >= 11 is 4.75. The number of carbonyl (C=O) groups excluding carboxylic acids is 3. The third kappa shape index (κ3) is 4.98. The third-order valence-electron chi connectivity index (χ3n) is 8.88. The molecule has 2 saturated heterocycles. The molecule has 6 rings (SSSR count). The number of rotatable bonds is 6. The number of fused-ring (bicyclic) bond motifs is 2. The summed E-state index contributed by atoms with van der Waals surface area (Å²) in [5, 5.41) is 12.5. The van der Waals surface area contributed by atoms with Crippen molar-refractivity contribution < 1.29 is 33.8 Å². The van der Waals surface area contributed by atoms with Gasteiger partial charge in [0.2, 0.25) is 5.91 Å². The van der Waals surface area contributed by atoms with Gasteiger partial charge >= 0.3 is 5.97 Å². The van der Waals surface area contributed by atoms with Crippen LogP contribution in [0.3, 0.4) is 0 Å². The Hall–Kier alpha value is -3.41. The van der Waals surface area contributed by atoms with E-state index < -0.39 is 35.8 Å². The van der Waals surface area contributed by atoms with Crippen molar-refractivity contribution in [2.45, 2.75) is 59.1 Å². The molecule has 232 valence electrons. The predicted molar refractivity (Wildman–Crippen MR) is 170 cm³/mol. The molecule has 0 spiro atoms. The van der Waals surface area contributed by atoms with Crippen molar-refractivity contribution in [2.24, 2.45) is 17.3 Å². The lowest BCUT2D eigenvalue weighted by Crippen LogP contribution is -2.37. The highest BCUT2D eigenvalue weighted by molar-refractivity contribution is 9.10. The van der Waals surface area contributed by atoms with Gasteiger partial charge in [-0.1, -0.05) is 39.0 Å². The SMILES string of the molecule is CCOc1cc([C@H]2[C@H]3C(=O)N(c4sc5c(c4C(=O)OC)CC[C@H](C(C)(C)C)C5)C(=O)[C@@H]3ON2c2ccccc2)cc(Br)c1O. The smallest absolute Gasteiger partial charge is 0.341 e. The van der Waals surface area contributed by atoms with Gasteiger partial charge in [0.15, 0.2) is 17.6 Å². The van der Waals surface area contributed by atoms with Gasteiger partial charge in [-0.15, -0.1) is 11.3 Å². The van der Waals surface area contributed by atoms with Crippen LogP contribution in [0.25, 0.3) is 0 Å². The van der Waals surface area contributed by atoms with E-state index in [1.165, 1.54) is 18.4 Å². The second-order valence-electron chi connectivity index (χ2n) is 12.4. The van der Waals surface area contributed by atoms with Crippen LogP contribution >= 0.6 is 27.3 Å². The second-order valence-corrected chi connectivity index (χ2v) is 14.4. The van der Waals surface area contributed by atoms with Crippen LogP contribution in [-0.4, -0.2) is 42.7 Å². The number of phenols is 1. The summed E-state index contributed by atoms with van der Waals surface area (Å²) in [6, 6.07) is 11.9. The third-order valence-corrected chi connectivity index (χ3v) is 10.7. The fourth-order valence-electron chi connectivity index (χ4n) is 6.56. The number of phenolic OH excluding ortho intramolecular Hbond substituents is 1. The molecule has 0 bridgehead atoms. The van der Waals surface area contributed by atoms with E-state index in [9.17, 15) is 19.5 Å². The largest absolute Gasteiger partial charge is 0.503 e. The highest BCUT2D eigenvalue weighted by atomic mass is 79.9. The average molecular weight is 684 g/mol. The van der Waals surface area contributed by atoms with Crippen molar-refractivity contribution in [1.82, 2.24) is 0 Å². The molecule has 2 aromatic carbocycles. The lowest BCUT2D eigenvalue weighted by molar-refractivity contribution is -0.126. The number of methoxy groups -OCH3 is 1. The predicted octanol–water partition coefficient (Wildman–Crippen LogP) is 6.60. The van der Waals surface area contributed by atoms with Crippen LogP contribution in [-0.2, 0) is 32.0 Å². The maximum Gasteiger partial charge on any atom is 0.341 e. The molecule has 4 atom stereocenters. The van der Waals surface area contributed by atoms with E-state index in [1.54, 1.807) is 17.2 Å². The van der Waals surface area contributed by atoms with Crippen LogP contribution in [0.1, 0.15) is 66.5 Å². The van der Waals surface area contributed by atoms with E-state index in [0.717, 1.165) is 28.2 Å². The zero-order valence-electron chi connectivity index (χ0n) is 25.3. The summed E-state index contributed by atoms with van der Waals surface area (Å²) in [6.07, 6.45) is 1.21. The average Bonchev–Trinajstić information content (AvgIpc) is 3.64. The van der Waals surface area contributed by atoms with Crippen LogP contribution in [0.4, 0.5) is 10.7 Å². The van der Waals surface area contributed by atoms with Crippen LogP contribution < -0.4 is 14.7 Å². The Bertz CT molecular complexity index is 1630. The molecule has 2 fully saturated rings. The van der Waals surface area contributed by atoms with E-state index in [2.05, 4.69) is 36.7 Å². The number of hydrogen-bond acceptors (Lipinski definition) is 9. The van der Waals surface area contributed by atoms with Gasteiger partial charge in [0.05, 0.1) is 35.5 Å². The molecule has 3 heterocycles. The number of halogens is 1. The lowest BCUT2D eigenvalue weighted by atomic mass is 9.72.